The summed E-state index contributed by atoms with van der Waals surface area (Å²) in [5.74, 6) is 0. The molecule has 0 spiro atoms. The second-order valence-corrected chi connectivity index (χ2v) is 3.61. The third kappa shape index (κ3) is 2.74. The first-order chi connectivity index (χ1) is 7.29. The van der Waals surface area contributed by atoms with E-state index >= 15 is 0 Å². The molecule has 0 aliphatic rings. The third-order valence-electron chi connectivity index (χ3n) is 2.43. The van der Waals surface area contributed by atoms with E-state index in [-0.39, 0.29) is 13.5 Å². The van der Waals surface area contributed by atoms with Gasteiger partial charge >= 0.3 is 0 Å². The minimum atomic E-state index is 0. The first-order valence-corrected chi connectivity index (χ1v) is 4.92. The van der Waals surface area contributed by atoms with Gasteiger partial charge in [0.2, 0.25) is 0 Å². The SMILES string of the molecule is Cc1ccc(-c2ccc(C=O)cc2)cc1.S. The van der Waals surface area contributed by atoms with Gasteiger partial charge < -0.3 is 0 Å². The summed E-state index contributed by atoms with van der Waals surface area (Å²) in [6.07, 6.45) is 0.860. The molecule has 2 aromatic carbocycles. The summed E-state index contributed by atoms with van der Waals surface area (Å²) in [7, 11) is 0. The van der Waals surface area contributed by atoms with Crippen LogP contribution in [0, 0.1) is 6.92 Å². The minimum Gasteiger partial charge on any atom is -0.298 e. The molecule has 82 valence electrons. The van der Waals surface area contributed by atoms with Crippen LogP contribution in [-0.4, -0.2) is 6.29 Å². The predicted molar refractivity (Wildman–Crippen MR) is 72.4 cm³/mol. The largest absolute Gasteiger partial charge is 0.298 e. The molecular formula is C14H14OS. The van der Waals surface area contributed by atoms with Crippen LogP contribution in [0.5, 0.6) is 0 Å². The maximum Gasteiger partial charge on any atom is 0.150 e. The number of hydrogen-bond donors (Lipinski definition) is 0. The molecule has 0 aromatic heterocycles. The van der Waals surface area contributed by atoms with Crippen molar-refractivity contribution in [3.05, 3.63) is 59.7 Å². The monoisotopic (exact) mass is 230 g/mol. The van der Waals surface area contributed by atoms with Crippen LogP contribution in [-0.2, 0) is 0 Å². The number of carbonyl (C=O) groups excluding carboxylic acids is 1. The summed E-state index contributed by atoms with van der Waals surface area (Å²) in [5, 5.41) is 0. The highest BCUT2D eigenvalue weighted by Gasteiger charge is 1.96. The van der Waals surface area contributed by atoms with E-state index in [9.17, 15) is 4.79 Å². The zero-order chi connectivity index (χ0) is 10.7. The van der Waals surface area contributed by atoms with Crippen LogP contribution in [0.4, 0.5) is 0 Å². The average molecular weight is 230 g/mol. The molecule has 0 atom stereocenters. The Morgan fingerprint density at radius 2 is 1.25 bits per heavy atom. The van der Waals surface area contributed by atoms with Crippen molar-refractivity contribution in [3.63, 3.8) is 0 Å². The molecule has 0 radical (unpaired) electrons. The van der Waals surface area contributed by atoms with Crippen molar-refractivity contribution in [3.8, 4) is 11.1 Å². The first kappa shape index (κ1) is 12.5. The van der Waals surface area contributed by atoms with Crippen molar-refractivity contribution in [2.45, 2.75) is 6.92 Å². The lowest BCUT2D eigenvalue weighted by Crippen LogP contribution is -1.81. The Labute approximate surface area is 103 Å². The molecule has 0 unspecified atom stereocenters. The summed E-state index contributed by atoms with van der Waals surface area (Å²) in [6, 6.07) is 16.0. The fraction of sp³-hybridized carbons (Fsp3) is 0.0714. The quantitative estimate of drug-likeness (QED) is 0.721. The van der Waals surface area contributed by atoms with Crippen molar-refractivity contribution in [2.75, 3.05) is 0 Å². The first-order valence-electron chi connectivity index (χ1n) is 4.92. The molecule has 0 saturated heterocycles. The van der Waals surface area contributed by atoms with E-state index in [1.807, 2.05) is 24.3 Å². The molecule has 0 N–H and O–H groups in total. The highest BCUT2D eigenvalue weighted by Crippen LogP contribution is 2.19. The number of hydrogen-bond acceptors (Lipinski definition) is 1. The van der Waals surface area contributed by atoms with E-state index in [1.165, 1.54) is 11.1 Å². The van der Waals surface area contributed by atoms with Gasteiger partial charge in [-0.2, -0.15) is 13.5 Å². The fourth-order valence-electron chi connectivity index (χ4n) is 1.50. The Kier molecular flexibility index (Phi) is 4.32. The van der Waals surface area contributed by atoms with E-state index in [4.69, 9.17) is 0 Å². The van der Waals surface area contributed by atoms with Crippen LogP contribution in [0.15, 0.2) is 48.5 Å². The molecule has 2 aromatic rings. The maximum atomic E-state index is 10.5. The van der Waals surface area contributed by atoms with Gasteiger partial charge in [-0.1, -0.05) is 54.1 Å². The van der Waals surface area contributed by atoms with Gasteiger partial charge in [0.25, 0.3) is 0 Å². The Hall–Kier alpha value is -1.54. The number of carbonyl (C=O) groups is 1. The lowest BCUT2D eigenvalue weighted by molar-refractivity contribution is 0.112. The van der Waals surface area contributed by atoms with Crippen molar-refractivity contribution < 1.29 is 4.79 Å². The van der Waals surface area contributed by atoms with Crippen LogP contribution in [0.1, 0.15) is 15.9 Å². The Morgan fingerprint density at radius 1 is 0.812 bits per heavy atom. The molecule has 0 heterocycles. The standard InChI is InChI=1S/C14H12O.H2S/c1-11-2-6-13(7-3-11)14-8-4-12(10-15)5-9-14;/h2-10H,1H3;1H2. The molecular weight excluding hydrogens is 216 g/mol. The molecule has 0 bridgehead atoms. The van der Waals surface area contributed by atoms with Crippen molar-refractivity contribution in [1.29, 1.82) is 0 Å². The zero-order valence-electron chi connectivity index (χ0n) is 9.10. The van der Waals surface area contributed by atoms with Gasteiger partial charge in [0.15, 0.2) is 0 Å². The van der Waals surface area contributed by atoms with Gasteiger partial charge in [0.1, 0.15) is 6.29 Å². The molecule has 2 rings (SSSR count). The zero-order valence-corrected chi connectivity index (χ0v) is 10.1. The van der Waals surface area contributed by atoms with E-state index < -0.39 is 0 Å². The molecule has 0 aliphatic carbocycles. The number of rotatable bonds is 2. The summed E-state index contributed by atoms with van der Waals surface area (Å²) < 4.78 is 0. The lowest BCUT2D eigenvalue weighted by Gasteiger charge is -2.02. The van der Waals surface area contributed by atoms with Gasteiger partial charge in [0.05, 0.1) is 0 Å². The van der Waals surface area contributed by atoms with Crippen LogP contribution in [0.2, 0.25) is 0 Å². The average Bonchev–Trinajstić information content (AvgIpc) is 2.30. The molecule has 2 heteroatoms. The second kappa shape index (κ2) is 5.52. The van der Waals surface area contributed by atoms with E-state index in [0.29, 0.717) is 5.56 Å². The number of benzene rings is 2. The summed E-state index contributed by atoms with van der Waals surface area (Å²) in [6.45, 7) is 2.07. The van der Waals surface area contributed by atoms with E-state index in [0.717, 1.165) is 11.8 Å². The number of aldehydes is 1. The topological polar surface area (TPSA) is 17.1 Å². The Balaban J connectivity index is 0.00000128. The summed E-state index contributed by atoms with van der Waals surface area (Å²) in [4.78, 5) is 10.5. The number of aryl methyl sites for hydroxylation is 1. The highest BCUT2D eigenvalue weighted by atomic mass is 32.1. The van der Waals surface area contributed by atoms with E-state index in [2.05, 4.69) is 31.2 Å². The van der Waals surface area contributed by atoms with Crippen molar-refractivity contribution in [2.24, 2.45) is 0 Å². The van der Waals surface area contributed by atoms with Gasteiger partial charge in [-0.3, -0.25) is 4.79 Å². The van der Waals surface area contributed by atoms with Crippen molar-refractivity contribution in [1.82, 2.24) is 0 Å². The lowest BCUT2D eigenvalue weighted by atomic mass is 10.0. The van der Waals surface area contributed by atoms with Gasteiger partial charge in [-0.25, -0.2) is 0 Å². The summed E-state index contributed by atoms with van der Waals surface area (Å²) >= 11 is 0. The van der Waals surface area contributed by atoms with Gasteiger partial charge in [-0.05, 0) is 18.1 Å². The molecule has 0 amide bonds. The van der Waals surface area contributed by atoms with Crippen LogP contribution in [0.3, 0.4) is 0 Å². The Morgan fingerprint density at radius 3 is 1.69 bits per heavy atom. The van der Waals surface area contributed by atoms with Crippen LogP contribution >= 0.6 is 13.5 Å². The fourth-order valence-corrected chi connectivity index (χ4v) is 1.50. The normalized spacial score (nSPS) is 9.31. The van der Waals surface area contributed by atoms with E-state index in [1.54, 1.807) is 0 Å². The Bertz CT molecular complexity index is 457. The van der Waals surface area contributed by atoms with Gasteiger partial charge in [-0.15, -0.1) is 0 Å². The minimum absolute atomic E-state index is 0. The highest BCUT2D eigenvalue weighted by molar-refractivity contribution is 7.59. The molecule has 0 aliphatic heterocycles. The van der Waals surface area contributed by atoms with Crippen molar-refractivity contribution >= 4 is 19.8 Å². The molecule has 1 nitrogen and oxygen atoms in total. The molecule has 16 heavy (non-hydrogen) atoms. The predicted octanol–water partition coefficient (Wildman–Crippen LogP) is 3.59. The van der Waals surface area contributed by atoms with Crippen LogP contribution < -0.4 is 0 Å². The van der Waals surface area contributed by atoms with Gasteiger partial charge in [0, 0.05) is 5.56 Å². The molecule has 0 fully saturated rings. The maximum absolute atomic E-state index is 10.5. The summed E-state index contributed by atoms with van der Waals surface area (Å²) in [5.41, 5.74) is 4.28. The smallest absolute Gasteiger partial charge is 0.150 e. The third-order valence-corrected chi connectivity index (χ3v) is 2.43. The molecule has 0 saturated carbocycles. The van der Waals surface area contributed by atoms with Crippen LogP contribution in [0.25, 0.3) is 11.1 Å². The second-order valence-electron chi connectivity index (χ2n) is 3.61.